The molecule has 1 aromatic carbocycles. The van der Waals surface area contributed by atoms with E-state index in [2.05, 4.69) is 6.07 Å². The van der Waals surface area contributed by atoms with Gasteiger partial charge in [0.05, 0.1) is 24.6 Å². The number of hydrogen-bond donors (Lipinski definition) is 1. The maximum atomic E-state index is 9.37. The first-order valence-corrected chi connectivity index (χ1v) is 6.43. The van der Waals surface area contributed by atoms with Crippen molar-refractivity contribution in [3.05, 3.63) is 28.3 Å². The fourth-order valence-electron chi connectivity index (χ4n) is 2.61. The molecule has 1 aromatic rings. The third-order valence-electron chi connectivity index (χ3n) is 3.87. The van der Waals surface area contributed by atoms with E-state index < -0.39 is 5.41 Å². The molecule has 0 amide bonds. The topological polar surface area (TPSA) is 59.0 Å². The lowest BCUT2D eigenvalue weighted by molar-refractivity contribution is 0.166. The highest BCUT2D eigenvalue weighted by atomic mass is 35.5. The number of nitrogens with two attached hydrogens (primary N) is 1. The molecule has 0 aromatic heterocycles. The van der Waals surface area contributed by atoms with Gasteiger partial charge in [-0.15, -0.1) is 0 Å². The van der Waals surface area contributed by atoms with Crippen molar-refractivity contribution < 1.29 is 4.74 Å². The largest absolute Gasteiger partial charge is 0.496 e. The summed E-state index contributed by atoms with van der Waals surface area (Å²) in [6.07, 6.45) is 2.75. The predicted octanol–water partition coefficient (Wildman–Crippen LogP) is 3.35. The van der Waals surface area contributed by atoms with Crippen LogP contribution in [0.1, 0.15) is 36.4 Å². The van der Waals surface area contributed by atoms with Gasteiger partial charge in [-0.3, -0.25) is 0 Å². The van der Waals surface area contributed by atoms with Crippen molar-refractivity contribution in [3.63, 3.8) is 0 Å². The van der Waals surface area contributed by atoms with E-state index in [0.717, 1.165) is 36.1 Å². The van der Waals surface area contributed by atoms with Crippen LogP contribution in [0.5, 0.6) is 5.75 Å². The number of benzene rings is 1. The lowest BCUT2D eigenvalue weighted by atomic mass is 9.63. The molecule has 1 atom stereocenters. The van der Waals surface area contributed by atoms with E-state index >= 15 is 0 Å². The van der Waals surface area contributed by atoms with Crippen LogP contribution in [0.15, 0.2) is 12.1 Å². The van der Waals surface area contributed by atoms with Gasteiger partial charge in [0.2, 0.25) is 0 Å². The van der Waals surface area contributed by atoms with Crippen molar-refractivity contribution in [1.82, 2.24) is 0 Å². The number of nitrogens with zero attached hydrogens (tertiary/aromatic N) is 1. The van der Waals surface area contributed by atoms with Gasteiger partial charge in [0.25, 0.3) is 0 Å². The molecule has 0 spiro atoms. The SMILES string of the molecule is COc1c(C)cc(Cl)cc1C(N)C1(C#N)CCC1. The highest BCUT2D eigenvalue weighted by molar-refractivity contribution is 6.30. The molecule has 18 heavy (non-hydrogen) atoms. The molecule has 0 saturated heterocycles. The molecule has 1 fully saturated rings. The van der Waals surface area contributed by atoms with Gasteiger partial charge in [0, 0.05) is 10.6 Å². The molecule has 1 aliphatic carbocycles. The molecule has 1 unspecified atom stereocenters. The lowest BCUT2D eigenvalue weighted by Gasteiger charge is -2.40. The summed E-state index contributed by atoms with van der Waals surface area (Å²) in [5.74, 6) is 0.744. The molecule has 96 valence electrons. The molecule has 4 heteroatoms. The zero-order valence-corrected chi connectivity index (χ0v) is 11.4. The normalized spacial score (nSPS) is 18.6. The second-order valence-corrected chi connectivity index (χ2v) is 5.38. The summed E-state index contributed by atoms with van der Waals surface area (Å²) in [5.41, 5.74) is 7.63. The Balaban J connectivity index is 2.47. The van der Waals surface area contributed by atoms with Gasteiger partial charge in [0.1, 0.15) is 5.75 Å². The summed E-state index contributed by atoms with van der Waals surface area (Å²) in [6.45, 7) is 1.93. The Bertz CT molecular complexity index is 503. The summed E-state index contributed by atoms with van der Waals surface area (Å²) in [7, 11) is 1.62. The number of methoxy groups -OCH3 is 1. The van der Waals surface area contributed by atoms with E-state index in [4.69, 9.17) is 22.1 Å². The number of ether oxygens (including phenoxy) is 1. The average molecular weight is 265 g/mol. The molecular formula is C14H17ClN2O. The van der Waals surface area contributed by atoms with E-state index in [1.165, 1.54) is 0 Å². The minimum atomic E-state index is -0.454. The molecule has 0 heterocycles. The van der Waals surface area contributed by atoms with Crippen LogP contribution >= 0.6 is 11.6 Å². The van der Waals surface area contributed by atoms with Crippen LogP contribution in [0, 0.1) is 23.7 Å². The van der Waals surface area contributed by atoms with E-state index in [-0.39, 0.29) is 6.04 Å². The number of aryl methyl sites for hydroxylation is 1. The van der Waals surface area contributed by atoms with E-state index in [9.17, 15) is 5.26 Å². The van der Waals surface area contributed by atoms with Crippen molar-refractivity contribution in [2.45, 2.75) is 32.2 Å². The fourth-order valence-corrected chi connectivity index (χ4v) is 2.89. The first kappa shape index (κ1) is 13.2. The Labute approximate surface area is 112 Å². The second kappa shape index (κ2) is 4.79. The fraction of sp³-hybridized carbons (Fsp3) is 0.500. The van der Waals surface area contributed by atoms with Gasteiger partial charge >= 0.3 is 0 Å². The van der Waals surface area contributed by atoms with Gasteiger partial charge in [-0.2, -0.15) is 5.26 Å². The monoisotopic (exact) mass is 264 g/mol. The quantitative estimate of drug-likeness (QED) is 0.911. The van der Waals surface area contributed by atoms with Crippen molar-refractivity contribution >= 4 is 11.6 Å². The van der Waals surface area contributed by atoms with E-state index in [1.807, 2.05) is 19.1 Å². The Morgan fingerprint density at radius 1 is 1.50 bits per heavy atom. The van der Waals surface area contributed by atoms with Gasteiger partial charge in [-0.25, -0.2) is 0 Å². The van der Waals surface area contributed by atoms with Crippen LogP contribution in [0.3, 0.4) is 0 Å². The van der Waals surface area contributed by atoms with Crippen molar-refractivity contribution in [2.75, 3.05) is 7.11 Å². The molecule has 3 nitrogen and oxygen atoms in total. The number of nitriles is 1. The zero-order chi connectivity index (χ0) is 13.3. The van der Waals surface area contributed by atoms with Crippen molar-refractivity contribution in [2.24, 2.45) is 11.1 Å². The number of hydrogen-bond acceptors (Lipinski definition) is 3. The molecule has 1 saturated carbocycles. The van der Waals surface area contributed by atoms with Gasteiger partial charge < -0.3 is 10.5 Å². The Hall–Kier alpha value is -1.24. The van der Waals surface area contributed by atoms with Crippen LogP contribution in [-0.2, 0) is 0 Å². The van der Waals surface area contributed by atoms with Crippen LogP contribution < -0.4 is 10.5 Å². The Kier molecular flexibility index (Phi) is 3.52. The molecular weight excluding hydrogens is 248 g/mol. The highest BCUT2D eigenvalue weighted by Crippen LogP contribution is 2.50. The third kappa shape index (κ3) is 1.96. The first-order chi connectivity index (χ1) is 8.54. The van der Waals surface area contributed by atoms with Crippen LogP contribution in [-0.4, -0.2) is 7.11 Å². The Morgan fingerprint density at radius 3 is 2.61 bits per heavy atom. The smallest absolute Gasteiger partial charge is 0.126 e. The van der Waals surface area contributed by atoms with E-state index in [0.29, 0.717) is 5.02 Å². The van der Waals surface area contributed by atoms with Crippen LogP contribution in [0.4, 0.5) is 0 Å². The molecule has 2 rings (SSSR count). The predicted molar refractivity (Wildman–Crippen MR) is 71.6 cm³/mol. The lowest BCUT2D eigenvalue weighted by Crippen LogP contribution is -2.39. The summed E-state index contributed by atoms with van der Waals surface area (Å²) in [6, 6.07) is 5.69. The number of halogens is 1. The third-order valence-corrected chi connectivity index (χ3v) is 4.09. The van der Waals surface area contributed by atoms with Crippen LogP contribution in [0.25, 0.3) is 0 Å². The minimum absolute atomic E-state index is 0.344. The van der Waals surface area contributed by atoms with Crippen molar-refractivity contribution in [1.29, 1.82) is 5.26 Å². The maximum absolute atomic E-state index is 9.37. The van der Waals surface area contributed by atoms with Gasteiger partial charge in [0.15, 0.2) is 0 Å². The van der Waals surface area contributed by atoms with Crippen LogP contribution in [0.2, 0.25) is 5.02 Å². The van der Waals surface area contributed by atoms with Crippen molar-refractivity contribution in [3.8, 4) is 11.8 Å². The summed E-state index contributed by atoms with van der Waals surface area (Å²) < 4.78 is 5.41. The van der Waals surface area contributed by atoms with Gasteiger partial charge in [-0.05, 0) is 37.5 Å². The van der Waals surface area contributed by atoms with Gasteiger partial charge in [-0.1, -0.05) is 18.0 Å². The molecule has 0 bridgehead atoms. The minimum Gasteiger partial charge on any atom is -0.496 e. The molecule has 0 radical (unpaired) electrons. The number of rotatable bonds is 3. The first-order valence-electron chi connectivity index (χ1n) is 6.05. The average Bonchev–Trinajstić information content (AvgIpc) is 2.27. The molecule has 2 N–H and O–H groups in total. The second-order valence-electron chi connectivity index (χ2n) is 4.94. The maximum Gasteiger partial charge on any atom is 0.126 e. The Morgan fingerprint density at radius 2 is 2.17 bits per heavy atom. The highest BCUT2D eigenvalue weighted by Gasteiger charge is 2.44. The zero-order valence-electron chi connectivity index (χ0n) is 10.7. The summed E-state index contributed by atoms with van der Waals surface area (Å²) >= 11 is 6.08. The summed E-state index contributed by atoms with van der Waals surface area (Å²) in [5, 5.41) is 10.00. The van der Waals surface area contributed by atoms with E-state index in [1.54, 1.807) is 7.11 Å². The molecule has 0 aliphatic heterocycles. The summed E-state index contributed by atoms with van der Waals surface area (Å²) in [4.78, 5) is 0. The standard InChI is InChI=1S/C14H17ClN2O/c1-9-6-10(15)7-11(12(9)18-2)13(17)14(8-16)4-3-5-14/h6-7,13H,3-5,17H2,1-2H3. The molecule has 1 aliphatic rings.